The highest BCUT2D eigenvalue weighted by Gasteiger charge is 2.54. The Morgan fingerprint density at radius 2 is 0.755 bits per heavy atom. The monoisotopic (exact) mass is 1580 g/mol. The molecule has 47 nitrogen and oxygen atoms in total. The molecule has 17 N–H and O–H groups in total. The largest absolute Gasteiger partial charge is 0.475 e. The number of rotatable bonds is 35. The van der Waals surface area contributed by atoms with E-state index >= 15 is 0 Å². The van der Waals surface area contributed by atoms with E-state index in [2.05, 4.69) is 36.9 Å². The number of likely N-dealkylation sites (N-methyl/N-ethyl adjacent to an activating group) is 3. The second-order valence-corrected chi connectivity index (χ2v) is 26.3. The van der Waals surface area contributed by atoms with Gasteiger partial charge in [0.25, 0.3) is 16.7 Å². The van der Waals surface area contributed by atoms with Gasteiger partial charge in [0.15, 0.2) is 24.8 Å². The predicted molar refractivity (Wildman–Crippen MR) is 356 cm³/mol. The molecule has 0 radical (unpaired) electrons. The third-order valence-corrected chi connectivity index (χ3v) is 18.9. The maximum absolute atomic E-state index is 13.7. The number of aromatic nitrogens is 6. The van der Waals surface area contributed by atoms with Crippen molar-refractivity contribution in [1.29, 1.82) is 0 Å². The van der Waals surface area contributed by atoms with E-state index in [-0.39, 0.29) is 42.2 Å². The minimum Gasteiger partial charge on any atom is -0.451 e. The molecule has 594 valence electrons. The highest BCUT2D eigenvalue weighted by atomic mass is 31.2. The summed E-state index contributed by atoms with van der Waals surface area (Å²) >= 11 is 0. The van der Waals surface area contributed by atoms with Crippen molar-refractivity contribution in [2.24, 2.45) is 0 Å². The maximum atomic E-state index is 13.7. The number of benzene rings is 1. The van der Waals surface area contributed by atoms with Crippen LogP contribution in [0.3, 0.4) is 0 Å². The van der Waals surface area contributed by atoms with Crippen molar-refractivity contribution < 1.29 is 138 Å². The van der Waals surface area contributed by atoms with Gasteiger partial charge in [-0.1, -0.05) is 25.1 Å². The van der Waals surface area contributed by atoms with Crippen LogP contribution in [0.4, 0.5) is 0 Å². The second-order valence-electron chi connectivity index (χ2n) is 21.4. The highest BCUT2D eigenvalue weighted by Crippen LogP contribution is 2.56. The summed E-state index contributed by atoms with van der Waals surface area (Å²) in [6.07, 6.45) is -13.9. The number of hydrogen-bond acceptors (Lipinski definition) is 33. The number of aliphatic hydroxyl groups is 4. The first-order valence-corrected chi connectivity index (χ1v) is 35.5. The molecular weight excluding hydrogens is 1490 g/mol. The van der Waals surface area contributed by atoms with Crippen molar-refractivity contribution in [2.45, 2.75) is 106 Å². The van der Waals surface area contributed by atoms with E-state index in [1.165, 1.54) is 54.4 Å². The van der Waals surface area contributed by atoms with Crippen molar-refractivity contribution >= 4 is 64.9 Å². The Labute approximate surface area is 598 Å². The number of phosphoric acid groups is 3. The van der Waals surface area contributed by atoms with Gasteiger partial charge in [-0.2, -0.15) is 0 Å². The summed E-state index contributed by atoms with van der Waals surface area (Å²) in [5.74, 6) is -4.05. The number of ether oxygens (including phenoxy) is 4. The van der Waals surface area contributed by atoms with Gasteiger partial charge in [0.05, 0.1) is 64.0 Å². The number of carbonyl (C=O) groups excluding carboxylic acids is 7. The molecule has 3 saturated heterocycles. The number of amides is 6. The summed E-state index contributed by atoms with van der Waals surface area (Å²) < 4.78 is 112. The van der Waals surface area contributed by atoms with E-state index in [1.54, 1.807) is 25.1 Å². The van der Waals surface area contributed by atoms with E-state index in [4.69, 9.17) is 59.7 Å². The molecule has 50 heteroatoms. The topological polar surface area (TPSA) is 671 Å². The minimum absolute atomic E-state index is 0. The zero-order chi connectivity index (χ0) is 77.1. The summed E-state index contributed by atoms with van der Waals surface area (Å²) in [5.41, 5.74) is -4.50. The quantitative estimate of drug-likeness (QED) is 0.0150. The zero-order valence-corrected chi connectivity index (χ0v) is 60.3. The van der Waals surface area contributed by atoms with Gasteiger partial charge in [0.1, 0.15) is 62.5 Å². The molecule has 6 heterocycles. The molecule has 0 bridgehead atoms. The van der Waals surface area contributed by atoms with Gasteiger partial charge in [-0.05, 0) is 18.6 Å². The van der Waals surface area contributed by atoms with Crippen LogP contribution in [0, 0.1) is 0 Å². The number of aliphatic hydroxyl groups excluding tert-OH is 4. The Kier molecular flexibility index (Phi) is 38.1. The fourth-order valence-electron chi connectivity index (χ4n) is 9.11. The van der Waals surface area contributed by atoms with Crippen molar-refractivity contribution in [3.8, 4) is 0 Å². The summed E-state index contributed by atoms with van der Waals surface area (Å²) in [6, 6.07) is 11.1. The van der Waals surface area contributed by atoms with Gasteiger partial charge in [-0.3, -0.25) is 113 Å². The van der Waals surface area contributed by atoms with E-state index in [9.17, 15) is 96.5 Å². The lowest BCUT2D eigenvalue weighted by Gasteiger charge is -2.27. The van der Waals surface area contributed by atoms with Crippen molar-refractivity contribution in [1.82, 2.24) is 60.6 Å². The van der Waals surface area contributed by atoms with E-state index in [0.717, 1.165) is 50.5 Å². The highest BCUT2D eigenvalue weighted by molar-refractivity contribution is 7.49. The molecule has 4 aromatic rings. The summed E-state index contributed by atoms with van der Waals surface area (Å²) in [5, 5.41) is 54.4. The van der Waals surface area contributed by atoms with E-state index in [0.29, 0.717) is 0 Å². The molecule has 3 aliphatic heterocycles. The smallest absolute Gasteiger partial charge is 0.451 e. The van der Waals surface area contributed by atoms with Crippen LogP contribution in [0.25, 0.3) is 0 Å². The average molecular weight is 1580 g/mol. The fraction of sp³-hybridized carbons (Fsp3) is 0.554. The van der Waals surface area contributed by atoms with Gasteiger partial charge in [0.2, 0.25) is 35.4 Å². The van der Waals surface area contributed by atoms with Gasteiger partial charge >= 0.3 is 46.5 Å². The van der Waals surface area contributed by atoms with Crippen LogP contribution in [0.5, 0.6) is 0 Å². The molecule has 0 saturated carbocycles. The number of carbonyl (C=O) groups is 7. The van der Waals surface area contributed by atoms with Crippen molar-refractivity contribution in [3.63, 3.8) is 0 Å². The van der Waals surface area contributed by atoms with Gasteiger partial charge in [-0.25, -0.2) is 32.9 Å². The lowest BCUT2D eigenvalue weighted by Crippen LogP contribution is -2.41. The van der Waals surface area contributed by atoms with Crippen molar-refractivity contribution in [2.75, 3.05) is 95.1 Å². The molecule has 1 aromatic carbocycles. The number of hydrogen-bond donors (Lipinski definition) is 13. The number of phosphoric ester groups is 3. The van der Waals surface area contributed by atoms with Crippen LogP contribution in [0.2, 0.25) is 0 Å². The van der Waals surface area contributed by atoms with Crippen molar-refractivity contribution in [3.05, 3.63) is 135 Å². The molecule has 3 fully saturated rings. The summed E-state index contributed by atoms with van der Waals surface area (Å²) in [4.78, 5) is 159. The first kappa shape index (κ1) is 91.7. The average Bonchev–Trinajstić information content (AvgIpc) is 1.77. The Bertz CT molecular complexity index is 3930. The van der Waals surface area contributed by atoms with Crippen LogP contribution < -0.4 is 65.6 Å². The van der Waals surface area contributed by atoms with Crippen LogP contribution in [-0.2, 0) is 102 Å². The fourth-order valence-corrected chi connectivity index (χ4v) is 13.1. The Balaban J connectivity index is 0.000000413. The minimum atomic E-state index is -4.60. The Morgan fingerprint density at radius 3 is 1.06 bits per heavy atom. The summed E-state index contributed by atoms with van der Waals surface area (Å²) in [7, 11) is -5.58. The number of H-pyrrole nitrogens is 3. The first-order valence-electron chi connectivity index (χ1n) is 31.1. The third-order valence-electron chi connectivity index (χ3n) is 14.5. The van der Waals surface area contributed by atoms with Gasteiger partial charge < -0.3 is 82.2 Å². The summed E-state index contributed by atoms with van der Waals surface area (Å²) in [6.45, 7) is -3.14. The van der Waals surface area contributed by atoms with E-state index < -0.39 is 225 Å². The third kappa shape index (κ3) is 26.8. The lowest BCUT2D eigenvalue weighted by molar-refractivity contribution is -0.124. The van der Waals surface area contributed by atoms with Crippen LogP contribution in [0.15, 0.2) is 95.9 Å². The van der Waals surface area contributed by atoms with E-state index in [1.807, 2.05) is 9.97 Å². The molecule has 106 heavy (non-hydrogen) atoms. The molecule has 3 aliphatic rings. The standard InChI is InChI=1S/C24H31N4O11P.2C16H25N4O11P.2H2O/c1-4-16-20(39-40(34,36-14-19(31)26-3)35-13-11-17(29)25-2)21(38-23(32)15-8-6-5-7-9-15)22(37-16)28-12-10-18(30)27-24(28)33;2*1-17-10(22)4-6-28-32(27,29-8-12(24)18-2)31-14-9(7-21)30-15(13(14)25)20-5-3-11(23)19-16(20)26;;/h5-10,12,16,20-22H,4,11,13-14H2,1-3H3,(H,25,29)(H,26,31)(H,27,30,33);2*3,5,9,13-15,21,25H,4,6-8H2,1-2H3,(H,17,22)(H,18,24)(H,19,23,26);2*1H2/t16-,20+,21?,22-,40?;2*9-,13?,14+,15-,32?;;/m111../s1. The first-order chi connectivity index (χ1) is 49.4. The molecule has 6 unspecified atom stereocenters. The normalized spacial score (nSPS) is 23.1. The Hall–Kier alpha value is -8.48. The molecule has 0 aliphatic carbocycles. The van der Waals surface area contributed by atoms with Crippen LogP contribution in [-0.4, -0.2) is 252 Å². The molecule has 3 aromatic heterocycles. The second kappa shape index (κ2) is 44.0. The van der Waals surface area contributed by atoms with Gasteiger partial charge in [-0.15, -0.1) is 0 Å². The molecule has 6 amide bonds. The van der Waals surface area contributed by atoms with Gasteiger partial charge in [0, 0.05) is 79.1 Å². The number of aromatic amines is 3. The molecule has 0 spiro atoms. The Morgan fingerprint density at radius 1 is 0.443 bits per heavy atom. The number of esters is 1. The lowest BCUT2D eigenvalue weighted by atomic mass is 10.1. The number of nitrogens with zero attached hydrogens (tertiary/aromatic N) is 3. The number of nitrogens with one attached hydrogen (secondary N) is 9. The molecule has 15 atom stereocenters. The van der Waals surface area contributed by atoms with Crippen LogP contribution in [0.1, 0.15) is 61.6 Å². The molecule has 7 rings (SSSR count). The maximum Gasteiger partial charge on any atom is 0.475 e. The molecular formula is C56H85N12O35P3. The van der Waals surface area contributed by atoms with Crippen LogP contribution >= 0.6 is 23.5 Å². The predicted octanol–water partition coefficient (Wildman–Crippen LogP) is -6.78. The zero-order valence-electron chi connectivity index (χ0n) is 57.6. The SMILES string of the molecule is CC[C@H]1O[C@@H](n2ccc(=O)[nH]c2=O)C(OC(=O)c2ccccc2)[C@H]1OP(=O)(OCCC(=O)NC)OCC(=O)NC.CNC(=O)CCOP(=O)(OCC(=O)NC)O[C@@H]1C(O)[C@H](n2ccc(=O)[nH]c2=O)O[C@@H]1CO.CNC(=O)CCOP(=O)(OCC(=O)NC)O[C@@H]1C(O)[C@H](n2ccc(=O)[nH]c2=O)O[C@@H]1CO.O.O.